The molecule has 0 aliphatic heterocycles. The molecule has 0 heterocycles. The van der Waals surface area contributed by atoms with Crippen LogP contribution in [0.5, 0.6) is 0 Å². The summed E-state index contributed by atoms with van der Waals surface area (Å²) in [6, 6.07) is 8.80. The molecule has 0 aromatic heterocycles. The molecular weight excluding hydrogens is 295 g/mol. The summed E-state index contributed by atoms with van der Waals surface area (Å²) in [5.74, 6) is 0.966. The van der Waals surface area contributed by atoms with Gasteiger partial charge >= 0.3 is 18.9 Å². The van der Waals surface area contributed by atoms with Gasteiger partial charge in [0.1, 0.15) is 0 Å². The van der Waals surface area contributed by atoms with Crippen LogP contribution in [0.15, 0.2) is 28.9 Å². The second-order valence-electron chi connectivity index (χ2n) is 8.72. The van der Waals surface area contributed by atoms with Gasteiger partial charge in [0.05, 0.1) is 0 Å². The van der Waals surface area contributed by atoms with Crippen molar-refractivity contribution in [2.45, 2.75) is 65.5 Å². The Labute approximate surface area is 151 Å². The van der Waals surface area contributed by atoms with E-state index in [9.17, 15) is 0 Å². The average Bonchev–Trinajstić information content (AvgIpc) is 2.23. The second-order valence-corrected chi connectivity index (χ2v) is 17.8. The first-order valence-electron chi connectivity index (χ1n) is 7.72. The Bertz CT molecular complexity index is 503. The van der Waals surface area contributed by atoms with Crippen LogP contribution in [0, 0.1) is 0 Å². The van der Waals surface area contributed by atoms with Gasteiger partial charge in [-0.15, -0.1) is 0 Å². The van der Waals surface area contributed by atoms with E-state index in [1.807, 2.05) is 0 Å². The maximum absolute atomic E-state index is 4.98. The summed E-state index contributed by atoms with van der Waals surface area (Å²) in [5, 5.41) is 0. The van der Waals surface area contributed by atoms with E-state index < -0.39 is 16.5 Å². The number of amidine groups is 1. The molecule has 22 heavy (non-hydrogen) atoms. The van der Waals surface area contributed by atoms with E-state index in [0.29, 0.717) is 0 Å². The van der Waals surface area contributed by atoms with Crippen LogP contribution in [0.2, 0.25) is 39.3 Å². The van der Waals surface area contributed by atoms with Crippen molar-refractivity contribution in [1.82, 2.24) is 0 Å². The van der Waals surface area contributed by atoms with Crippen molar-refractivity contribution in [3.05, 3.63) is 40.4 Å². The molecule has 0 unspecified atom stereocenters. The third kappa shape index (κ3) is 7.82. The van der Waals surface area contributed by atoms with Crippen LogP contribution in [0.25, 0.3) is 4.98 Å². The van der Waals surface area contributed by atoms with Gasteiger partial charge in [0.25, 0.3) is 0 Å². The fourth-order valence-electron chi connectivity index (χ4n) is 1.91. The zero-order valence-electron chi connectivity index (χ0n) is 16.2. The molecule has 0 saturated heterocycles. The molecule has 2 nitrogen and oxygen atoms in total. The summed E-state index contributed by atoms with van der Waals surface area (Å²) in [4.78, 5) is 4.98. The second kappa shape index (κ2) is 7.53. The number of rotatable bonds is 3. The zero-order chi connectivity index (χ0) is 16.5. The standard InChI is InChI=1S/C17H31N2Si2.Li/c1-17(2,3)15-12-10-14(11-13-15)16(18-20(4,5)6)19-21(7,8)9;/h10-13H,1-9H3;/q-1;+1. The molecular formula is C17H31LiN2Si2. The van der Waals surface area contributed by atoms with Gasteiger partial charge in [-0.25, -0.2) is 0 Å². The Morgan fingerprint density at radius 3 is 1.68 bits per heavy atom. The third-order valence-corrected chi connectivity index (χ3v) is 4.66. The molecule has 1 aromatic carbocycles. The SMILES string of the molecule is CC(C)(C)c1ccc(/C(=N/[Si](C)(C)C)[N-][Si](C)(C)C)cc1.[Li+]. The minimum Gasteiger partial charge on any atom is -0.472 e. The largest absolute Gasteiger partial charge is 1.00 e. The number of hydrogen-bond donors (Lipinski definition) is 0. The molecule has 0 bridgehead atoms. The van der Waals surface area contributed by atoms with Crippen molar-refractivity contribution in [2.24, 2.45) is 4.66 Å². The van der Waals surface area contributed by atoms with Crippen LogP contribution in [-0.2, 0) is 5.41 Å². The first-order valence-corrected chi connectivity index (χ1v) is 14.6. The predicted octanol–water partition coefficient (Wildman–Crippen LogP) is 2.78. The van der Waals surface area contributed by atoms with Crippen molar-refractivity contribution < 1.29 is 18.9 Å². The molecule has 0 aliphatic rings. The van der Waals surface area contributed by atoms with E-state index in [1.165, 1.54) is 5.56 Å². The minimum atomic E-state index is -1.54. The summed E-state index contributed by atoms with van der Waals surface area (Å²) < 4.78 is 4.98. The predicted molar refractivity (Wildman–Crippen MR) is 102 cm³/mol. The van der Waals surface area contributed by atoms with Gasteiger partial charge < -0.3 is 9.64 Å². The fraction of sp³-hybridized carbons (Fsp3) is 0.588. The van der Waals surface area contributed by atoms with Gasteiger partial charge in [-0.3, -0.25) is 0 Å². The van der Waals surface area contributed by atoms with E-state index >= 15 is 0 Å². The normalized spacial score (nSPS) is 13.6. The monoisotopic (exact) mass is 326 g/mol. The van der Waals surface area contributed by atoms with Crippen LogP contribution in [0.3, 0.4) is 0 Å². The van der Waals surface area contributed by atoms with Crippen LogP contribution >= 0.6 is 0 Å². The zero-order valence-corrected chi connectivity index (χ0v) is 18.2. The van der Waals surface area contributed by atoms with Gasteiger partial charge in [0, 0.05) is 16.5 Å². The van der Waals surface area contributed by atoms with Crippen molar-refractivity contribution >= 4 is 22.3 Å². The van der Waals surface area contributed by atoms with Crippen molar-refractivity contribution in [3.8, 4) is 0 Å². The Balaban J connectivity index is 0.00000441. The summed E-state index contributed by atoms with van der Waals surface area (Å²) >= 11 is 0. The number of benzene rings is 1. The molecule has 0 N–H and O–H groups in total. The molecule has 1 aromatic rings. The molecule has 0 saturated carbocycles. The number of hydrogen-bond acceptors (Lipinski definition) is 1. The Kier molecular flexibility index (Phi) is 7.43. The van der Waals surface area contributed by atoms with E-state index in [2.05, 4.69) is 84.3 Å². The maximum Gasteiger partial charge on any atom is 1.00 e. The van der Waals surface area contributed by atoms with Gasteiger partial charge in [0.2, 0.25) is 0 Å². The summed E-state index contributed by atoms with van der Waals surface area (Å²) in [6.45, 7) is 20.3. The van der Waals surface area contributed by atoms with Gasteiger partial charge in [0.15, 0.2) is 0 Å². The molecule has 0 spiro atoms. The molecule has 0 fully saturated rings. The molecule has 0 amide bonds. The Morgan fingerprint density at radius 2 is 1.36 bits per heavy atom. The molecule has 1 rings (SSSR count). The molecule has 118 valence electrons. The average molecular weight is 327 g/mol. The van der Waals surface area contributed by atoms with Crippen LogP contribution < -0.4 is 18.9 Å². The smallest absolute Gasteiger partial charge is 0.472 e. The Hall–Kier alpha value is -0.279. The fourth-order valence-corrected chi connectivity index (χ4v) is 3.64. The van der Waals surface area contributed by atoms with Crippen LogP contribution in [-0.4, -0.2) is 22.3 Å². The van der Waals surface area contributed by atoms with Crippen molar-refractivity contribution in [3.63, 3.8) is 0 Å². The van der Waals surface area contributed by atoms with Gasteiger partial charge in [-0.1, -0.05) is 90.2 Å². The molecule has 0 atom stereocenters. The molecule has 0 radical (unpaired) electrons. The first-order chi connectivity index (χ1) is 9.28. The van der Waals surface area contributed by atoms with Crippen molar-refractivity contribution in [1.29, 1.82) is 0 Å². The van der Waals surface area contributed by atoms with E-state index in [4.69, 9.17) is 9.64 Å². The van der Waals surface area contributed by atoms with Crippen molar-refractivity contribution in [2.75, 3.05) is 0 Å². The summed E-state index contributed by atoms with van der Waals surface area (Å²) in [6.07, 6.45) is 0. The van der Waals surface area contributed by atoms with E-state index in [0.717, 1.165) is 11.4 Å². The molecule has 0 aliphatic carbocycles. The summed E-state index contributed by atoms with van der Waals surface area (Å²) in [5.41, 5.74) is 2.70. The summed E-state index contributed by atoms with van der Waals surface area (Å²) in [7, 11) is -3.07. The maximum atomic E-state index is 4.98. The van der Waals surface area contributed by atoms with Gasteiger partial charge in [-0.05, 0) is 16.5 Å². The topological polar surface area (TPSA) is 26.5 Å². The molecule has 5 heteroatoms. The quantitative estimate of drug-likeness (QED) is 0.464. The van der Waals surface area contributed by atoms with E-state index in [-0.39, 0.29) is 24.3 Å². The van der Waals surface area contributed by atoms with Gasteiger partial charge in [-0.2, -0.15) is 0 Å². The Morgan fingerprint density at radius 1 is 0.909 bits per heavy atom. The minimum absolute atomic E-state index is 0. The van der Waals surface area contributed by atoms with Crippen LogP contribution in [0.1, 0.15) is 31.9 Å². The third-order valence-electron chi connectivity index (χ3n) is 2.89. The first kappa shape index (κ1) is 21.7. The van der Waals surface area contributed by atoms with Crippen LogP contribution in [0.4, 0.5) is 0 Å². The van der Waals surface area contributed by atoms with E-state index in [1.54, 1.807) is 0 Å². The number of nitrogens with zero attached hydrogens (tertiary/aromatic N) is 2.